The second-order valence-electron chi connectivity index (χ2n) is 3.59. The predicted molar refractivity (Wildman–Crippen MR) is 61.4 cm³/mol. The Morgan fingerprint density at radius 2 is 2.27 bits per heavy atom. The molecule has 1 aliphatic rings. The minimum Gasteiger partial charge on any atom is -0.468 e. The van der Waals surface area contributed by atoms with Crippen LogP contribution in [0.1, 0.15) is 25.7 Å². The molecule has 0 saturated heterocycles. The number of methoxy groups -OCH3 is 1. The van der Waals surface area contributed by atoms with Gasteiger partial charge in [-0.05, 0) is 19.3 Å². The summed E-state index contributed by atoms with van der Waals surface area (Å²) in [7, 11) is 1.34. The number of hydrogen-bond donors (Lipinski definition) is 3. The lowest BCUT2D eigenvalue weighted by Crippen LogP contribution is -2.46. The van der Waals surface area contributed by atoms with Crippen LogP contribution in [0.4, 0.5) is 4.79 Å². The van der Waals surface area contributed by atoms with Gasteiger partial charge >= 0.3 is 6.03 Å². The van der Waals surface area contributed by atoms with Crippen LogP contribution in [0.25, 0.3) is 0 Å². The third kappa shape index (κ3) is 4.51. The van der Waals surface area contributed by atoms with Gasteiger partial charge in [0.15, 0.2) is 0 Å². The molecule has 1 aliphatic carbocycles. The first-order valence-corrected chi connectivity index (χ1v) is 5.87. The van der Waals surface area contributed by atoms with Crippen molar-refractivity contribution in [2.45, 2.75) is 36.6 Å². The van der Waals surface area contributed by atoms with Gasteiger partial charge in [0.1, 0.15) is 0 Å². The Balaban J connectivity index is 2.27. The number of carbonyl (C=O) groups excluding carboxylic acids is 1. The summed E-state index contributed by atoms with van der Waals surface area (Å²) in [5, 5.41) is 12.2. The number of amidine groups is 1. The van der Waals surface area contributed by atoms with E-state index in [-0.39, 0.29) is 18.1 Å². The maximum atomic E-state index is 11.3. The molecule has 5 nitrogen and oxygen atoms in total. The molecule has 6 heteroatoms. The van der Waals surface area contributed by atoms with Crippen molar-refractivity contribution in [1.82, 2.24) is 10.6 Å². The fourth-order valence-corrected chi connectivity index (χ4v) is 2.41. The van der Waals surface area contributed by atoms with Crippen molar-refractivity contribution in [3.8, 4) is 0 Å². The summed E-state index contributed by atoms with van der Waals surface area (Å²) in [6, 6.07) is -0.417. The molecule has 0 bridgehead atoms. The molecule has 0 heterocycles. The molecule has 1 rings (SSSR count). The lowest BCUT2D eigenvalue weighted by atomic mass is 9.95. The van der Waals surface area contributed by atoms with Crippen LogP contribution in [0.3, 0.4) is 0 Å². The van der Waals surface area contributed by atoms with E-state index in [2.05, 4.69) is 31.3 Å². The lowest BCUT2D eigenvalue weighted by Gasteiger charge is -2.26. The number of carbonyl (C=O) groups is 1. The molecule has 0 aromatic rings. The van der Waals surface area contributed by atoms with E-state index in [9.17, 15) is 4.79 Å². The van der Waals surface area contributed by atoms with E-state index in [1.165, 1.54) is 7.11 Å². The van der Waals surface area contributed by atoms with Crippen molar-refractivity contribution in [2.24, 2.45) is 0 Å². The van der Waals surface area contributed by atoms with Gasteiger partial charge in [-0.2, -0.15) is 0 Å². The Bertz CT molecular complexity index is 248. The van der Waals surface area contributed by atoms with Gasteiger partial charge in [-0.1, -0.05) is 22.4 Å². The summed E-state index contributed by atoms with van der Waals surface area (Å²) in [5.41, 5.74) is 0. The van der Waals surface area contributed by atoms with Gasteiger partial charge in [0.25, 0.3) is 6.02 Å². The zero-order chi connectivity index (χ0) is 11.3. The van der Waals surface area contributed by atoms with Crippen LogP contribution in [-0.4, -0.2) is 30.0 Å². The Morgan fingerprint density at radius 1 is 1.53 bits per heavy atom. The van der Waals surface area contributed by atoms with Crippen LogP contribution in [0.15, 0.2) is 0 Å². The van der Waals surface area contributed by atoms with Crippen LogP contribution >= 0.6 is 15.9 Å². The summed E-state index contributed by atoms with van der Waals surface area (Å²) >= 11 is 3.54. The topological polar surface area (TPSA) is 74.2 Å². The van der Waals surface area contributed by atoms with Gasteiger partial charge in [0.05, 0.1) is 7.11 Å². The highest BCUT2D eigenvalue weighted by Crippen LogP contribution is 2.24. The number of hydrogen-bond acceptors (Lipinski definition) is 3. The first-order chi connectivity index (χ1) is 7.11. The first-order valence-electron chi connectivity index (χ1n) is 4.96. The third-order valence-electron chi connectivity index (χ3n) is 2.38. The third-order valence-corrected chi connectivity index (χ3v) is 3.21. The Labute approximate surface area is 97.6 Å². The molecular weight excluding hydrogens is 262 g/mol. The number of rotatable bonds is 1. The molecule has 15 heavy (non-hydrogen) atoms. The molecule has 2 atom stereocenters. The van der Waals surface area contributed by atoms with E-state index in [0.717, 1.165) is 25.7 Å². The Kier molecular flexibility index (Phi) is 4.87. The summed E-state index contributed by atoms with van der Waals surface area (Å²) in [4.78, 5) is 11.8. The summed E-state index contributed by atoms with van der Waals surface area (Å²) in [6.45, 7) is 0. The van der Waals surface area contributed by atoms with Gasteiger partial charge in [-0.3, -0.25) is 10.7 Å². The predicted octanol–water partition coefficient (Wildman–Crippen LogP) is 1.57. The fraction of sp³-hybridized carbons (Fsp3) is 0.778. The SMILES string of the molecule is COC(=N)NC(=O)NC1CCCC(Br)C1. The second-order valence-corrected chi connectivity index (χ2v) is 4.89. The first kappa shape index (κ1) is 12.3. The number of urea groups is 1. The number of amides is 2. The van der Waals surface area contributed by atoms with Crippen LogP contribution in [0, 0.1) is 5.41 Å². The fourth-order valence-electron chi connectivity index (χ4n) is 1.64. The molecule has 2 unspecified atom stereocenters. The quantitative estimate of drug-likeness (QED) is 0.387. The van der Waals surface area contributed by atoms with Crippen molar-refractivity contribution in [3.63, 3.8) is 0 Å². The Morgan fingerprint density at radius 3 is 2.87 bits per heavy atom. The molecule has 0 spiro atoms. The van der Waals surface area contributed by atoms with Crippen LogP contribution < -0.4 is 10.6 Å². The number of alkyl halides is 1. The van der Waals surface area contributed by atoms with Crippen LogP contribution in [0.5, 0.6) is 0 Å². The van der Waals surface area contributed by atoms with Gasteiger partial charge in [-0.15, -0.1) is 0 Å². The summed E-state index contributed by atoms with van der Waals surface area (Å²) in [6.07, 6.45) is 4.21. The number of ether oxygens (including phenoxy) is 1. The second kappa shape index (κ2) is 5.95. The van der Waals surface area contributed by atoms with Gasteiger partial charge in [0.2, 0.25) is 0 Å². The van der Waals surface area contributed by atoms with E-state index in [1.807, 2.05) is 0 Å². The zero-order valence-electron chi connectivity index (χ0n) is 8.68. The molecule has 1 fully saturated rings. The summed E-state index contributed by atoms with van der Waals surface area (Å²) < 4.78 is 4.53. The van der Waals surface area contributed by atoms with Crippen molar-refractivity contribution < 1.29 is 9.53 Å². The van der Waals surface area contributed by atoms with Crippen LogP contribution in [0.2, 0.25) is 0 Å². The van der Waals surface area contributed by atoms with E-state index in [0.29, 0.717) is 4.83 Å². The average molecular weight is 278 g/mol. The zero-order valence-corrected chi connectivity index (χ0v) is 10.3. The van der Waals surface area contributed by atoms with Crippen molar-refractivity contribution in [1.29, 1.82) is 5.41 Å². The molecule has 3 N–H and O–H groups in total. The highest BCUT2D eigenvalue weighted by Gasteiger charge is 2.21. The molecule has 86 valence electrons. The smallest absolute Gasteiger partial charge is 0.323 e. The minimum atomic E-state index is -0.367. The largest absolute Gasteiger partial charge is 0.468 e. The highest BCUT2D eigenvalue weighted by atomic mass is 79.9. The van der Waals surface area contributed by atoms with Crippen molar-refractivity contribution >= 4 is 28.0 Å². The van der Waals surface area contributed by atoms with Gasteiger partial charge in [-0.25, -0.2) is 4.79 Å². The van der Waals surface area contributed by atoms with E-state index >= 15 is 0 Å². The molecule has 0 aromatic carbocycles. The standard InChI is InChI=1S/C9H16BrN3O2/c1-15-8(11)13-9(14)12-7-4-2-3-6(10)5-7/h6-7H,2-5H2,1H3,(H3,11,12,13,14). The normalized spacial score (nSPS) is 25.5. The molecule has 0 radical (unpaired) electrons. The summed E-state index contributed by atoms with van der Waals surface area (Å²) in [5.74, 6) is 0. The molecule has 0 aromatic heterocycles. The van der Waals surface area contributed by atoms with Crippen molar-refractivity contribution in [2.75, 3.05) is 7.11 Å². The minimum absolute atomic E-state index is 0.188. The number of nitrogens with one attached hydrogen (secondary N) is 3. The van der Waals surface area contributed by atoms with Gasteiger partial charge in [0, 0.05) is 10.9 Å². The van der Waals surface area contributed by atoms with Gasteiger partial charge < -0.3 is 10.1 Å². The average Bonchev–Trinajstić information content (AvgIpc) is 2.17. The number of halogens is 1. The molecule has 1 saturated carbocycles. The maximum Gasteiger partial charge on any atom is 0.323 e. The van der Waals surface area contributed by atoms with Crippen molar-refractivity contribution in [3.05, 3.63) is 0 Å². The van der Waals surface area contributed by atoms with Crippen LogP contribution in [-0.2, 0) is 4.74 Å². The maximum absolute atomic E-state index is 11.3. The Hall–Kier alpha value is -0.780. The monoisotopic (exact) mass is 277 g/mol. The molecule has 0 aliphatic heterocycles. The molecule has 2 amide bonds. The van der Waals surface area contributed by atoms with E-state index in [1.54, 1.807) is 0 Å². The van der Waals surface area contributed by atoms with E-state index in [4.69, 9.17) is 5.41 Å². The molecular formula is C9H16BrN3O2. The lowest BCUT2D eigenvalue weighted by molar-refractivity contribution is 0.234. The van der Waals surface area contributed by atoms with E-state index < -0.39 is 0 Å². The highest BCUT2D eigenvalue weighted by molar-refractivity contribution is 9.09.